The van der Waals surface area contributed by atoms with Gasteiger partial charge in [-0.15, -0.1) is 0 Å². The molecule has 0 aliphatic heterocycles. The molecule has 0 fully saturated rings. The Bertz CT molecular complexity index is 1390. The molecule has 1 aromatic heterocycles. The molecule has 0 saturated carbocycles. The average Bonchev–Trinajstić information content (AvgIpc) is 3.09. The van der Waals surface area contributed by atoms with Crippen molar-refractivity contribution >= 4 is 22.9 Å². The Labute approximate surface area is 215 Å². The summed E-state index contributed by atoms with van der Waals surface area (Å²) >= 11 is 0. The molecular formula is C24H25FNNaO4. The SMILES string of the molecule is [2H]c1cc([2H])c2c(c1)c(-c1ccc(F)cc1)c(/C=C/[C@@H](O)C[C@@H](O)CC(=O)[O-])n2C([2H])(C([2H])([2H])[2H])C([2H])([2H])[2H].[Na+]. The quantitative estimate of drug-likeness (QED) is 0.492. The second-order valence-electron chi connectivity index (χ2n) is 6.71. The number of nitrogens with zero attached hydrogens (tertiary/aromatic N) is 1. The summed E-state index contributed by atoms with van der Waals surface area (Å²) in [6.07, 6.45) is -2.10. The third-order valence-electron chi connectivity index (χ3n) is 4.51. The van der Waals surface area contributed by atoms with Gasteiger partial charge in [0.25, 0.3) is 0 Å². The van der Waals surface area contributed by atoms with Gasteiger partial charge < -0.3 is 24.7 Å². The van der Waals surface area contributed by atoms with E-state index in [9.17, 15) is 24.5 Å². The van der Waals surface area contributed by atoms with Crippen LogP contribution in [-0.4, -0.2) is 33.0 Å². The number of aromatic nitrogens is 1. The molecule has 0 aliphatic rings. The molecule has 1 heterocycles. The molecule has 5 nitrogen and oxygen atoms in total. The van der Waals surface area contributed by atoms with Crippen LogP contribution < -0.4 is 34.7 Å². The number of benzene rings is 2. The predicted molar refractivity (Wildman–Crippen MR) is 113 cm³/mol. The number of carbonyl (C=O) groups is 1. The number of halogens is 1. The molecule has 0 unspecified atom stereocenters. The maximum Gasteiger partial charge on any atom is 1.00 e. The molecule has 0 amide bonds. The van der Waals surface area contributed by atoms with E-state index >= 15 is 0 Å². The van der Waals surface area contributed by atoms with Gasteiger partial charge in [0.15, 0.2) is 0 Å². The van der Waals surface area contributed by atoms with Crippen molar-refractivity contribution in [1.29, 1.82) is 0 Å². The van der Waals surface area contributed by atoms with Gasteiger partial charge in [0.1, 0.15) is 5.82 Å². The number of hydrogen-bond donors (Lipinski definition) is 2. The summed E-state index contributed by atoms with van der Waals surface area (Å²) in [4.78, 5) is 10.7. The Morgan fingerprint density at radius 3 is 2.68 bits per heavy atom. The van der Waals surface area contributed by atoms with Gasteiger partial charge in [0, 0.05) is 55.2 Å². The number of fused-ring (bicyclic) bond motifs is 1. The number of carboxylic acid groups (broad SMARTS) is 1. The summed E-state index contributed by atoms with van der Waals surface area (Å²) in [5, 5.41) is 31.0. The van der Waals surface area contributed by atoms with E-state index in [1.54, 1.807) is 0 Å². The summed E-state index contributed by atoms with van der Waals surface area (Å²) in [6, 6.07) is 3.10. The molecule has 0 aliphatic carbocycles. The number of aliphatic hydroxyl groups excluding tert-OH is 2. The normalized spacial score (nSPS) is 18.9. The molecule has 2 N–H and O–H groups in total. The van der Waals surface area contributed by atoms with Crippen molar-refractivity contribution in [3.63, 3.8) is 0 Å². The second kappa shape index (κ2) is 11.1. The number of aliphatic hydroxyl groups is 2. The largest absolute Gasteiger partial charge is 1.00 e. The van der Waals surface area contributed by atoms with E-state index in [1.165, 1.54) is 18.2 Å². The van der Waals surface area contributed by atoms with Crippen LogP contribution in [0.1, 0.15) is 50.6 Å². The van der Waals surface area contributed by atoms with E-state index < -0.39 is 62.6 Å². The van der Waals surface area contributed by atoms with Crippen molar-refractivity contribution in [1.82, 2.24) is 4.57 Å². The van der Waals surface area contributed by atoms with Gasteiger partial charge in [-0.05, 0) is 43.5 Å². The molecule has 2 atom stereocenters. The first-order valence-corrected chi connectivity index (χ1v) is 9.04. The van der Waals surface area contributed by atoms with Crippen molar-refractivity contribution in [3.8, 4) is 11.1 Å². The monoisotopic (exact) mass is 442 g/mol. The number of aliphatic carboxylic acids is 1. The fourth-order valence-electron chi connectivity index (χ4n) is 3.27. The molecule has 0 bridgehead atoms. The zero-order valence-electron chi connectivity index (χ0n) is 25.7. The Balaban J connectivity index is 0.00000560. The Morgan fingerprint density at radius 2 is 2.03 bits per heavy atom. The molecule has 0 saturated heterocycles. The number of hydrogen-bond acceptors (Lipinski definition) is 4. The van der Waals surface area contributed by atoms with Gasteiger partial charge in [0.05, 0.1) is 16.3 Å². The molecule has 31 heavy (non-hydrogen) atoms. The summed E-state index contributed by atoms with van der Waals surface area (Å²) in [6.45, 7) is -6.97. The number of carbonyl (C=O) groups excluding carboxylic acids is 1. The van der Waals surface area contributed by atoms with E-state index in [1.807, 2.05) is 0 Å². The minimum absolute atomic E-state index is 0. The minimum Gasteiger partial charge on any atom is -0.550 e. The van der Waals surface area contributed by atoms with E-state index in [2.05, 4.69) is 0 Å². The first-order valence-electron chi connectivity index (χ1n) is 13.5. The van der Waals surface area contributed by atoms with Crippen LogP contribution in [0.2, 0.25) is 0 Å². The Kier molecular flexibility index (Phi) is 5.35. The van der Waals surface area contributed by atoms with Crippen LogP contribution in [0.25, 0.3) is 28.1 Å². The topological polar surface area (TPSA) is 85.5 Å². The van der Waals surface area contributed by atoms with Crippen molar-refractivity contribution in [3.05, 3.63) is 66.1 Å². The first kappa shape index (κ1) is 15.0. The van der Waals surface area contributed by atoms with E-state index in [4.69, 9.17) is 12.3 Å². The summed E-state index contributed by atoms with van der Waals surface area (Å²) < 4.78 is 88.0. The van der Waals surface area contributed by atoms with E-state index in [-0.39, 0.29) is 63.3 Å². The van der Waals surface area contributed by atoms with Crippen molar-refractivity contribution in [2.24, 2.45) is 0 Å². The van der Waals surface area contributed by atoms with Gasteiger partial charge in [-0.1, -0.05) is 36.4 Å². The van der Waals surface area contributed by atoms with Crippen LogP contribution in [0.15, 0.2) is 54.6 Å². The van der Waals surface area contributed by atoms with Crippen molar-refractivity contribution < 1.29 is 66.4 Å². The standard InChI is InChI=1S/C24H26FNO4.Na/c1-15(2)26-21-6-4-3-5-20(21)24(16-7-9-17(25)10-8-16)22(26)12-11-18(27)13-19(28)14-23(29)30;/h3-12,15,18-19,27-28H,13-14H2,1-2H3,(H,29,30);/q;+1/p-1/b12-11+;/t18-,19-;/m1./s1/i1D3,2D3,3D,6D,15D;. The first-order chi connectivity index (χ1) is 17.9. The molecule has 0 radical (unpaired) electrons. The molecule has 0 spiro atoms. The van der Waals surface area contributed by atoms with Crippen LogP contribution in [-0.2, 0) is 4.79 Å². The molecular weight excluding hydrogens is 408 g/mol. The summed E-state index contributed by atoms with van der Waals surface area (Å²) in [5.41, 5.74) is -0.253. The van der Waals surface area contributed by atoms with Gasteiger partial charge >= 0.3 is 29.6 Å². The minimum atomic E-state index is -3.48. The fraction of sp³-hybridized carbons (Fsp3) is 0.292. The third-order valence-corrected chi connectivity index (χ3v) is 4.51. The number of carboxylic acids is 1. The molecule has 7 heteroatoms. The number of para-hydroxylation sites is 1. The molecule has 2 aromatic carbocycles. The van der Waals surface area contributed by atoms with Gasteiger partial charge in [-0.25, -0.2) is 4.39 Å². The van der Waals surface area contributed by atoms with E-state index in [0.29, 0.717) is 4.57 Å². The second-order valence-corrected chi connectivity index (χ2v) is 6.71. The van der Waals surface area contributed by atoms with Crippen LogP contribution >= 0.6 is 0 Å². The van der Waals surface area contributed by atoms with Gasteiger partial charge in [0.2, 0.25) is 0 Å². The van der Waals surface area contributed by atoms with Crippen molar-refractivity contribution in [2.75, 3.05) is 0 Å². The fourth-order valence-corrected chi connectivity index (χ4v) is 3.27. The molecule has 158 valence electrons. The van der Waals surface area contributed by atoms with Crippen molar-refractivity contribution in [2.45, 2.75) is 44.8 Å². The zero-order chi connectivity index (χ0) is 29.5. The Morgan fingerprint density at radius 1 is 1.32 bits per heavy atom. The molecule has 3 aromatic rings. The maximum atomic E-state index is 13.8. The summed E-state index contributed by atoms with van der Waals surface area (Å²) in [5.74, 6) is -2.17. The maximum absolute atomic E-state index is 13.8. The summed E-state index contributed by atoms with van der Waals surface area (Å²) in [7, 11) is 0. The molecule has 3 rings (SSSR count). The van der Waals surface area contributed by atoms with E-state index in [0.717, 1.165) is 30.4 Å². The zero-order valence-corrected chi connectivity index (χ0v) is 18.7. The number of rotatable bonds is 8. The third kappa shape index (κ3) is 6.05. The van der Waals surface area contributed by atoms with Crippen LogP contribution in [0, 0.1) is 5.82 Å². The van der Waals surface area contributed by atoms with Crippen LogP contribution in [0.5, 0.6) is 0 Å². The van der Waals surface area contributed by atoms with Gasteiger partial charge in [-0.3, -0.25) is 0 Å². The smallest absolute Gasteiger partial charge is 0.550 e. The predicted octanol–water partition coefficient (Wildman–Crippen LogP) is 0.297. The van der Waals surface area contributed by atoms with Crippen LogP contribution in [0.4, 0.5) is 4.39 Å². The average molecular weight is 443 g/mol. The van der Waals surface area contributed by atoms with Gasteiger partial charge in [-0.2, -0.15) is 0 Å². The Hall–Kier alpha value is -1.96. The van der Waals surface area contributed by atoms with Crippen LogP contribution in [0.3, 0.4) is 0 Å².